The molecule has 1 aromatic rings. The maximum Gasteiger partial charge on any atom is 0.488 e. The number of rotatable bonds is 3. The fraction of sp³-hybridized carbons (Fsp3) is 0.588. The highest BCUT2D eigenvalue weighted by Gasteiger charge is 2.30. The molecule has 1 unspecified atom stereocenters. The average Bonchev–Trinajstić information content (AvgIpc) is 2.48. The van der Waals surface area contributed by atoms with E-state index in [0.717, 1.165) is 11.1 Å². The minimum atomic E-state index is -1.61. The number of halogens is 1. The molecule has 6 nitrogen and oxygen atoms in total. The molecule has 1 aliphatic rings. The standard InChI is InChI=1S/C17H25BClNO5/c1-11-7-12(19)8-15(18(22)23)14(11)9-13-10-20(5-6-24-13)16(21)25-17(2,3)4/h7-8,13,22-23H,5-6,9-10H2,1-4H3. The zero-order valence-electron chi connectivity index (χ0n) is 15.1. The quantitative estimate of drug-likeness (QED) is 0.790. The van der Waals surface area contributed by atoms with Crippen LogP contribution in [0.3, 0.4) is 0 Å². The van der Waals surface area contributed by atoms with Gasteiger partial charge in [0.1, 0.15) is 5.60 Å². The summed E-state index contributed by atoms with van der Waals surface area (Å²) in [7, 11) is -1.61. The number of ether oxygens (including phenoxy) is 2. The lowest BCUT2D eigenvalue weighted by Gasteiger charge is -2.34. The first-order valence-corrected chi connectivity index (χ1v) is 8.69. The van der Waals surface area contributed by atoms with Gasteiger partial charge in [0.15, 0.2) is 0 Å². The van der Waals surface area contributed by atoms with Crippen LogP contribution in [-0.4, -0.2) is 59.6 Å². The molecular weight excluding hydrogens is 344 g/mol. The third-order valence-corrected chi connectivity index (χ3v) is 4.19. The van der Waals surface area contributed by atoms with Gasteiger partial charge < -0.3 is 24.4 Å². The molecule has 0 bridgehead atoms. The summed E-state index contributed by atoms with van der Waals surface area (Å²) in [6.07, 6.45) is -0.162. The van der Waals surface area contributed by atoms with Gasteiger partial charge in [0, 0.05) is 18.0 Å². The highest BCUT2D eigenvalue weighted by atomic mass is 35.5. The zero-order valence-corrected chi connectivity index (χ0v) is 15.8. The molecule has 0 aromatic heterocycles. The third kappa shape index (κ3) is 5.61. The first-order valence-electron chi connectivity index (χ1n) is 8.31. The lowest BCUT2D eigenvalue weighted by Crippen LogP contribution is -2.48. The Morgan fingerprint density at radius 1 is 1.44 bits per heavy atom. The highest BCUT2D eigenvalue weighted by Crippen LogP contribution is 2.19. The summed E-state index contributed by atoms with van der Waals surface area (Å²) >= 11 is 6.01. The summed E-state index contributed by atoms with van der Waals surface area (Å²) in [4.78, 5) is 13.9. The van der Waals surface area contributed by atoms with Crippen molar-refractivity contribution >= 4 is 30.3 Å². The number of hydrogen-bond acceptors (Lipinski definition) is 5. The number of carbonyl (C=O) groups excluding carboxylic acids is 1. The van der Waals surface area contributed by atoms with Gasteiger partial charge in [-0.2, -0.15) is 0 Å². The van der Waals surface area contributed by atoms with Crippen LogP contribution >= 0.6 is 11.6 Å². The summed E-state index contributed by atoms with van der Waals surface area (Å²) in [6, 6.07) is 3.32. The fourth-order valence-corrected chi connectivity index (χ4v) is 3.15. The molecular formula is C17H25BClNO5. The first kappa shape index (κ1) is 20.0. The van der Waals surface area contributed by atoms with E-state index in [2.05, 4.69) is 0 Å². The van der Waals surface area contributed by atoms with Gasteiger partial charge in [-0.25, -0.2) is 4.79 Å². The fourth-order valence-electron chi connectivity index (χ4n) is 2.87. The Morgan fingerprint density at radius 2 is 2.12 bits per heavy atom. The molecule has 1 aliphatic heterocycles. The summed E-state index contributed by atoms with van der Waals surface area (Å²) in [6.45, 7) is 8.62. The van der Waals surface area contributed by atoms with E-state index in [1.807, 2.05) is 27.7 Å². The largest absolute Gasteiger partial charge is 0.488 e. The molecule has 1 saturated heterocycles. The number of nitrogens with zero attached hydrogens (tertiary/aromatic N) is 1. The van der Waals surface area contributed by atoms with Crippen LogP contribution in [0.1, 0.15) is 31.9 Å². The van der Waals surface area contributed by atoms with E-state index in [1.165, 1.54) is 0 Å². The van der Waals surface area contributed by atoms with E-state index >= 15 is 0 Å². The van der Waals surface area contributed by atoms with Crippen LogP contribution in [0.15, 0.2) is 12.1 Å². The van der Waals surface area contributed by atoms with Crippen molar-refractivity contribution in [2.45, 2.75) is 45.8 Å². The number of hydrogen-bond donors (Lipinski definition) is 2. The van der Waals surface area contributed by atoms with Crippen molar-refractivity contribution in [1.82, 2.24) is 4.90 Å². The van der Waals surface area contributed by atoms with Gasteiger partial charge in [-0.05, 0) is 56.4 Å². The molecule has 0 radical (unpaired) electrons. The van der Waals surface area contributed by atoms with Crippen LogP contribution in [0, 0.1) is 6.92 Å². The molecule has 1 fully saturated rings. The second-order valence-corrected chi connectivity index (χ2v) is 7.72. The van der Waals surface area contributed by atoms with E-state index in [-0.39, 0.29) is 12.2 Å². The Morgan fingerprint density at radius 3 is 2.72 bits per heavy atom. The normalized spacial score (nSPS) is 18.2. The van der Waals surface area contributed by atoms with E-state index in [9.17, 15) is 14.8 Å². The number of amides is 1. The van der Waals surface area contributed by atoms with Crippen LogP contribution in [-0.2, 0) is 15.9 Å². The third-order valence-electron chi connectivity index (χ3n) is 3.97. The Kier molecular flexibility index (Phi) is 6.38. The van der Waals surface area contributed by atoms with Gasteiger partial charge in [-0.3, -0.25) is 0 Å². The number of benzene rings is 1. The van der Waals surface area contributed by atoms with Crippen LogP contribution in [0.4, 0.5) is 4.79 Å². The predicted molar refractivity (Wildman–Crippen MR) is 97.3 cm³/mol. The molecule has 1 aromatic carbocycles. The van der Waals surface area contributed by atoms with Gasteiger partial charge in [-0.15, -0.1) is 0 Å². The van der Waals surface area contributed by atoms with E-state index in [1.54, 1.807) is 17.0 Å². The molecule has 2 rings (SSSR count). The highest BCUT2D eigenvalue weighted by molar-refractivity contribution is 6.59. The van der Waals surface area contributed by atoms with Crippen molar-refractivity contribution in [3.8, 4) is 0 Å². The lowest BCUT2D eigenvalue weighted by molar-refractivity contribution is -0.0415. The van der Waals surface area contributed by atoms with Gasteiger partial charge >= 0.3 is 13.2 Å². The summed E-state index contributed by atoms with van der Waals surface area (Å²) < 4.78 is 11.2. The van der Waals surface area contributed by atoms with Crippen molar-refractivity contribution < 1.29 is 24.3 Å². The Balaban J connectivity index is 2.12. The summed E-state index contributed by atoms with van der Waals surface area (Å²) in [5.74, 6) is 0. The van der Waals surface area contributed by atoms with Crippen molar-refractivity contribution in [2.24, 2.45) is 0 Å². The number of carbonyl (C=O) groups is 1. The molecule has 8 heteroatoms. The van der Waals surface area contributed by atoms with E-state index in [0.29, 0.717) is 36.6 Å². The maximum atomic E-state index is 12.2. The van der Waals surface area contributed by atoms with Crippen LogP contribution in [0.5, 0.6) is 0 Å². The van der Waals surface area contributed by atoms with Crippen molar-refractivity contribution in [3.63, 3.8) is 0 Å². The topological polar surface area (TPSA) is 79.2 Å². The molecule has 25 heavy (non-hydrogen) atoms. The molecule has 2 N–H and O–H groups in total. The first-order chi connectivity index (χ1) is 11.6. The van der Waals surface area contributed by atoms with Crippen molar-refractivity contribution in [1.29, 1.82) is 0 Å². The molecule has 1 heterocycles. The maximum absolute atomic E-state index is 12.2. The van der Waals surface area contributed by atoms with Gasteiger partial charge in [0.25, 0.3) is 0 Å². The SMILES string of the molecule is Cc1cc(Cl)cc(B(O)O)c1CC1CN(C(=O)OC(C)(C)C)CCO1. The van der Waals surface area contributed by atoms with Gasteiger partial charge in [0.05, 0.1) is 19.3 Å². The Bertz CT molecular complexity index is 632. The molecule has 0 aliphatic carbocycles. The molecule has 0 saturated carbocycles. The Labute approximate surface area is 153 Å². The molecule has 0 spiro atoms. The second-order valence-electron chi connectivity index (χ2n) is 7.29. The van der Waals surface area contributed by atoms with Crippen LogP contribution in [0.25, 0.3) is 0 Å². The predicted octanol–water partition coefficient (Wildman–Crippen LogP) is 1.51. The van der Waals surface area contributed by atoms with Crippen LogP contribution < -0.4 is 5.46 Å². The number of morpholine rings is 1. The van der Waals surface area contributed by atoms with E-state index in [4.69, 9.17) is 21.1 Å². The minimum Gasteiger partial charge on any atom is -0.444 e. The summed E-state index contributed by atoms with van der Waals surface area (Å²) in [5.41, 5.74) is 1.44. The molecule has 1 amide bonds. The van der Waals surface area contributed by atoms with Gasteiger partial charge in [0.2, 0.25) is 0 Å². The monoisotopic (exact) mass is 369 g/mol. The molecule has 1 atom stereocenters. The second kappa shape index (κ2) is 7.95. The van der Waals surface area contributed by atoms with E-state index < -0.39 is 12.7 Å². The minimum absolute atomic E-state index is 0.251. The molecule has 138 valence electrons. The Hall–Kier alpha value is -1.28. The zero-order chi connectivity index (χ0) is 18.8. The average molecular weight is 370 g/mol. The van der Waals surface area contributed by atoms with Crippen molar-refractivity contribution in [2.75, 3.05) is 19.7 Å². The number of aryl methyl sites for hydroxylation is 1. The smallest absolute Gasteiger partial charge is 0.444 e. The van der Waals surface area contributed by atoms with Gasteiger partial charge in [-0.1, -0.05) is 11.6 Å². The lowest BCUT2D eigenvalue weighted by atomic mass is 9.74. The van der Waals surface area contributed by atoms with Crippen LogP contribution in [0.2, 0.25) is 5.02 Å². The summed E-state index contributed by atoms with van der Waals surface area (Å²) in [5, 5.41) is 19.7. The van der Waals surface area contributed by atoms with Crippen molar-refractivity contribution in [3.05, 3.63) is 28.3 Å².